The van der Waals surface area contributed by atoms with Crippen LogP contribution in [0.1, 0.15) is 36.1 Å². The fourth-order valence-corrected chi connectivity index (χ4v) is 2.38. The van der Waals surface area contributed by atoms with Crippen LogP contribution in [0.2, 0.25) is 0 Å². The summed E-state index contributed by atoms with van der Waals surface area (Å²) in [7, 11) is 0. The van der Waals surface area contributed by atoms with Crippen molar-refractivity contribution in [3.05, 3.63) is 47.4 Å². The quantitative estimate of drug-likeness (QED) is 0.723. The summed E-state index contributed by atoms with van der Waals surface area (Å²) in [6, 6.07) is 7.64. The zero-order chi connectivity index (χ0) is 14.5. The second-order valence-electron chi connectivity index (χ2n) is 4.40. The lowest BCUT2D eigenvalue weighted by molar-refractivity contribution is 0.287. The molecule has 0 radical (unpaired) electrons. The van der Waals surface area contributed by atoms with Gasteiger partial charge in [0.15, 0.2) is 11.5 Å². The van der Waals surface area contributed by atoms with Crippen LogP contribution in [0.15, 0.2) is 34.9 Å². The van der Waals surface area contributed by atoms with Gasteiger partial charge in [-0.15, -0.1) is 11.6 Å². The van der Waals surface area contributed by atoms with Crippen molar-refractivity contribution in [2.24, 2.45) is 0 Å². The molecule has 0 amide bonds. The zero-order valence-electron chi connectivity index (χ0n) is 12.0. The minimum atomic E-state index is -0.333. The number of hydrogen-bond acceptors (Lipinski definition) is 3. The van der Waals surface area contributed by atoms with E-state index in [0.717, 1.165) is 22.6 Å². The number of rotatable bonds is 6. The van der Waals surface area contributed by atoms with Crippen LogP contribution in [0, 0.1) is 6.92 Å². The summed E-state index contributed by atoms with van der Waals surface area (Å²) in [5.74, 6) is 2.21. The number of ether oxygens (including phenoxy) is 2. The Morgan fingerprint density at radius 1 is 1.10 bits per heavy atom. The van der Waals surface area contributed by atoms with Crippen molar-refractivity contribution in [2.45, 2.75) is 26.1 Å². The van der Waals surface area contributed by atoms with Crippen LogP contribution in [-0.2, 0) is 0 Å². The molecule has 108 valence electrons. The zero-order valence-corrected chi connectivity index (χ0v) is 12.7. The number of aryl methyl sites for hydroxylation is 1. The van der Waals surface area contributed by atoms with Crippen molar-refractivity contribution >= 4 is 11.6 Å². The van der Waals surface area contributed by atoms with Crippen molar-refractivity contribution in [1.82, 2.24) is 0 Å². The molecule has 1 aromatic heterocycles. The van der Waals surface area contributed by atoms with E-state index in [0.29, 0.717) is 19.0 Å². The Bertz CT molecular complexity index is 563. The van der Waals surface area contributed by atoms with Gasteiger partial charge in [0.1, 0.15) is 11.1 Å². The van der Waals surface area contributed by atoms with Gasteiger partial charge in [-0.25, -0.2) is 0 Å². The number of furan rings is 1. The predicted octanol–water partition coefficient (Wildman–Crippen LogP) is 4.71. The van der Waals surface area contributed by atoms with E-state index < -0.39 is 0 Å². The lowest BCUT2D eigenvalue weighted by Gasteiger charge is -2.14. The van der Waals surface area contributed by atoms with Crippen LogP contribution >= 0.6 is 11.6 Å². The average molecular weight is 295 g/mol. The Hall–Kier alpha value is -1.61. The molecule has 0 fully saturated rings. The SMILES string of the molecule is CCOc1ccc(C(Cl)c2occc2C)cc1OCC. The Morgan fingerprint density at radius 3 is 2.40 bits per heavy atom. The summed E-state index contributed by atoms with van der Waals surface area (Å²) in [6.07, 6.45) is 1.65. The van der Waals surface area contributed by atoms with E-state index in [1.165, 1.54) is 0 Å². The van der Waals surface area contributed by atoms with Gasteiger partial charge in [-0.1, -0.05) is 6.07 Å². The van der Waals surface area contributed by atoms with E-state index in [2.05, 4.69) is 0 Å². The number of benzene rings is 1. The van der Waals surface area contributed by atoms with Crippen LogP contribution in [0.3, 0.4) is 0 Å². The van der Waals surface area contributed by atoms with Crippen LogP contribution < -0.4 is 9.47 Å². The Labute approximate surface area is 124 Å². The van der Waals surface area contributed by atoms with Gasteiger partial charge in [0.2, 0.25) is 0 Å². The highest BCUT2D eigenvalue weighted by molar-refractivity contribution is 6.22. The number of halogens is 1. The van der Waals surface area contributed by atoms with Crippen LogP contribution in [0.5, 0.6) is 11.5 Å². The fourth-order valence-electron chi connectivity index (χ4n) is 2.02. The Balaban J connectivity index is 2.32. The maximum Gasteiger partial charge on any atom is 0.161 e. The first-order chi connectivity index (χ1) is 9.67. The van der Waals surface area contributed by atoms with E-state index in [4.69, 9.17) is 25.5 Å². The first-order valence-electron chi connectivity index (χ1n) is 6.75. The van der Waals surface area contributed by atoms with Crippen LogP contribution in [0.25, 0.3) is 0 Å². The maximum atomic E-state index is 6.49. The molecule has 0 aliphatic carbocycles. The molecular formula is C16H19ClO3. The van der Waals surface area contributed by atoms with Crippen molar-refractivity contribution in [3.8, 4) is 11.5 Å². The molecule has 0 spiro atoms. The first kappa shape index (κ1) is 14.8. The molecular weight excluding hydrogens is 276 g/mol. The highest BCUT2D eigenvalue weighted by Gasteiger charge is 2.18. The smallest absolute Gasteiger partial charge is 0.161 e. The third-order valence-corrected chi connectivity index (χ3v) is 3.44. The molecule has 0 N–H and O–H groups in total. The van der Waals surface area contributed by atoms with E-state index in [9.17, 15) is 0 Å². The van der Waals surface area contributed by atoms with Gasteiger partial charge in [0, 0.05) is 0 Å². The third-order valence-electron chi connectivity index (χ3n) is 2.99. The predicted molar refractivity (Wildman–Crippen MR) is 79.9 cm³/mol. The number of alkyl halides is 1. The Kier molecular flexibility index (Phi) is 4.96. The first-order valence-corrected chi connectivity index (χ1v) is 7.18. The molecule has 20 heavy (non-hydrogen) atoms. The molecule has 0 bridgehead atoms. The molecule has 0 aliphatic rings. The lowest BCUT2D eigenvalue weighted by Crippen LogP contribution is -2.00. The minimum absolute atomic E-state index is 0.333. The van der Waals surface area contributed by atoms with Gasteiger partial charge < -0.3 is 13.9 Å². The molecule has 1 atom stereocenters. The maximum absolute atomic E-state index is 6.49. The summed E-state index contributed by atoms with van der Waals surface area (Å²) in [4.78, 5) is 0. The highest BCUT2D eigenvalue weighted by atomic mass is 35.5. The molecule has 1 heterocycles. The molecule has 3 nitrogen and oxygen atoms in total. The summed E-state index contributed by atoms with van der Waals surface area (Å²) in [6.45, 7) is 7.04. The number of hydrogen-bond donors (Lipinski definition) is 0. The summed E-state index contributed by atoms with van der Waals surface area (Å²) in [5.41, 5.74) is 1.97. The highest BCUT2D eigenvalue weighted by Crippen LogP contribution is 2.36. The molecule has 1 unspecified atom stereocenters. The summed E-state index contributed by atoms with van der Waals surface area (Å²) in [5, 5.41) is -0.333. The van der Waals surface area contributed by atoms with Crippen molar-refractivity contribution in [1.29, 1.82) is 0 Å². The molecule has 0 saturated carbocycles. The van der Waals surface area contributed by atoms with E-state index in [1.54, 1.807) is 6.26 Å². The Morgan fingerprint density at radius 2 is 1.80 bits per heavy atom. The van der Waals surface area contributed by atoms with Gasteiger partial charge in [-0.2, -0.15) is 0 Å². The minimum Gasteiger partial charge on any atom is -0.490 e. The van der Waals surface area contributed by atoms with Crippen molar-refractivity contribution in [2.75, 3.05) is 13.2 Å². The van der Waals surface area contributed by atoms with Crippen molar-refractivity contribution < 1.29 is 13.9 Å². The van der Waals surface area contributed by atoms with E-state index >= 15 is 0 Å². The topological polar surface area (TPSA) is 31.6 Å². The summed E-state index contributed by atoms with van der Waals surface area (Å²) < 4.78 is 16.6. The lowest BCUT2D eigenvalue weighted by atomic mass is 10.1. The van der Waals surface area contributed by atoms with Crippen LogP contribution in [0.4, 0.5) is 0 Å². The van der Waals surface area contributed by atoms with Gasteiger partial charge in [-0.05, 0) is 50.1 Å². The monoisotopic (exact) mass is 294 g/mol. The van der Waals surface area contributed by atoms with E-state index in [1.807, 2.05) is 45.0 Å². The normalized spacial score (nSPS) is 12.2. The van der Waals surface area contributed by atoms with Gasteiger partial charge in [0.05, 0.1) is 19.5 Å². The van der Waals surface area contributed by atoms with Crippen LogP contribution in [-0.4, -0.2) is 13.2 Å². The van der Waals surface area contributed by atoms with Crippen molar-refractivity contribution in [3.63, 3.8) is 0 Å². The van der Waals surface area contributed by atoms with E-state index in [-0.39, 0.29) is 5.38 Å². The second-order valence-corrected chi connectivity index (χ2v) is 4.84. The average Bonchev–Trinajstić information content (AvgIpc) is 2.86. The third kappa shape index (κ3) is 3.10. The molecule has 4 heteroatoms. The fraction of sp³-hybridized carbons (Fsp3) is 0.375. The van der Waals surface area contributed by atoms with Gasteiger partial charge in [0.25, 0.3) is 0 Å². The second kappa shape index (κ2) is 6.71. The molecule has 1 aromatic carbocycles. The van der Waals surface area contributed by atoms with Gasteiger partial charge in [-0.3, -0.25) is 0 Å². The largest absolute Gasteiger partial charge is 0.490 e. The summed E-state index contributed by atoms with van der Waals surface area (Å²) >= 11 is 6.49. The molecule has 0 aliphatic heterocycles. The molecule has 0 saturated heterocycles. The molecule has 2 aromatic rings. The molecule has 2 rings (SSSR count). The van der Waals surface area contributed by atoms with Gasteiger partial charge >= 0.3 is 0 Å². The standard InChI is InChI=1S/C16H19ClO3/c1-4-18-13-7-6-12(10-14(13)19-5-2)15(17)16-11(3)8-9-20-16/h6-10,15H,4-5H2,1-3H3.